The third kappa shape index (κ3) is 5.52. The predicted molar refractivity (Wildman–Crippen MR) is 91.9 cm³/mol. The van der Waals surface area contributed by atoms with Crippen LogP contribution >= 0.6 is 11.8 Å². The molecule has 2 atom stereocenters. The highest BCUT2D eigenvalue weighted by Gasteiger charge is 2.21. The number of thioether (sulfide) groups is 1. The predicted octanol–water partition coefficient (Wildman–Crippen LogP) is 2.12. The Labute approximate surface area is 129 Å². The number of rotatable bonds is 6. The van der Waals surface area contributed by atoms with E-state index in [0.29, 0.717) is 6.04 Å². The van der Waals surface area contributed by atoms with Gasteiger partial charge in [0.25, 0.3) is 0 Å². The first-order chi connectivity index (χ1) is 9.62. The molecule has 0 saturated carbocycles. The molecule has 1 N–H and O–H groups in total. The highest BCUT2D eigenvalue weighted by atomic mass is 32.2. The lowest BCUT2D eigenvalue weighted by Crippen LogP contribution is -2.49. The van der Waals surface area contributed by atoms with Crippen LogP contribution in [0.1, 0.15) is 33.6 Å². The SMILES string of the molecule is CCC1CN(C(=NC)NCCN(C)C(C)CC)CCS1. The Balaban J connectivity index is 2.36. The number of nitrogens with one attached hydrogen (secondary N) is 1. The number of hydrogen-bond acceptors (Lipinski definition) is 3. The lowest BCUT2D eigenvalue weighted by atomic mass is 10.2. The molecule has 118 valence electrons. The quantitative estimate of drug-likeness (QED) is 0.601. The fourth-order valence-corrected chi connectivity index (χ4v) is 3.55. The molecule has 0 aromatic rings. The molecule has 2 unspecified atom stereocenters. The highest BCUT2D eigenvalue weighted by molar-refractivity contribution is 8.00. The van der Waals surface area contributed by atoms with Crippen molar-refractivity contribution in [3.05, 3.63) is 0 Å². The number of nitrogens with zero attached hydrogens (tertiary/aromatic N) is 3. The van der Waals surface area contributed by atoms with Crippen molar-refractivity contribution in [3.8, 4) is 0 Å². The zero-order valence-electron chi connectivity index (χ0n) is 13.9. The lowest BCUT2D eigenvalue weighted by Gasteiger charge is -2.34. The summed E-state index contributed by atoms with van der Waals surface area (Å²) in [6.07, 6.45) is 2.45. The Morgan fingerprint density at radius 1 is 1.50 bits per heavy atom. The van der Waals surface area contributed by atoms with Gasteiger partial charge in [0.15, 0.2) is 5.96 Å². The van der Waals surface area contributed by atoms with Gasteiger partial charge in [0.1, 0.15) is 0 Å². The van der Waals surface area contributed by atoms with E-state index >= 15 is 0 Å². The molecular weight excluding hydrogens is 268 g/mol. The van der Waals surface area contributed by atoms with Crippen LogP contribution in [0.4, 0.5) is 0 Å². The fraction of sp³-hybridized carbons (Fsp3) is 0.933. The Hall–Kier alpha value is -0.420. The van der Waals surface area contributed by atoms with Gasteiger partial charge in [-0.3, -0.25) is 4.99 Å². The molecule has 1 rings (SSSR count). The maximum absolute atomic E-state index is 4.45. The minimum Gasteiger partial charge on any atom is -0.355 e. The second-order valence-electron chi connectivity index (χ2n) is 5.56. The summed E-state index contributed by atoms with van der Waals surface area (Å²) < 4.78 is 0. The molecule has 0 aliphatic carbocycles. The molecule has 1 aliphatic rings. The van der Waals surface area contributed by atoms with Crippen molar-refractivity contribution in [2.75, 3.05) is 46.0 Å². The number of aliphatic imine (C=N–C) groups is 1. The van der Waals surface area contributed by atoms with Gasteiger partial charge in [-0.1, -0.05) is 13.8 Å². The second kappa shape index (κ2) is 9.50. The van der Waals surface area contributed by atoms with Crippen LogP contribution in [-0.4, -0.2) is 73.1 Å². The van der Waals surface area contributed by atoms with Gasteiger partial charge in [-0.05, 0) is 26.8 Å². The van der Waals surface area contributed by atoms with Gasteiger partial charge in [-0.25, -0.2) is 0 Å². The molecule has 1 saturated heterocycles. The average molecular weight is 301 g/mol. The Morgan fingerprint density at radius 2 is 2.25 bits per heavy atom. The summed E-state index contributed by atoms with van der Waals surface area (Å²) >= 11 is 2.10. The Bertz CT molecular complexity index is 296. The summed E-state index contributed by atoms with van der Waals surface area (Å²) in [5, 5.41) is 4.27. The molecule has 1 heterocycles. The summed E-state index contributed by atoms with van der Waals surface area (Å²) in [5.74, 6) is 2.28. The van der Waals surface area contributed by atoms with Crippen LogP contribution in [0.25, 0.3) is 0 Å². The van der Waals surface area contributed by atoms with Crippen LogP contribution in [0.15, 0.2) is 4.99 Å². The van der Waals surface area contributed by atoms with Crippen molar-refractivity contribution < 1.29 is 0 Å². The summed E-state index contributed by atoms with van der Waals surface area (Å²) in [5.41, 5.74) is 0. The average Bonchev–Trinajstić information content (AvgIpc) is 2.50. The Kier molecular flexibility index (Phi) is 8.38. The number of likely N-dealkylation sites (N-methyl/N-ethyl adjacent to an activating group) is 1. The van der Waals surface area contributed by atoms with Gasteiger partial charge in [-0.2, -0.15) is 11.8 Å². The van der Waals surface area contributed by atoms with E-state index in [0.717, 1.165) is 37.4 Å². The van der Waals surface area contributed by atoms with Gasteiger partial charge in [0, 0.05) is 50.3 Å². The molecule has 4 nitrogen and oxygen atoms in total. The van der Waals surface area contributed by atoms with E-state index in [4.69, 9.17) is 0 Å². The molecule has 0 aromatic carbocycles. The molecule has 0 spiro atoms. The topological polar surface area (TPSA) is 30.9 Å². The van der Waals surface area contributed by atoms with Gasteiger partial charge in [0.2, 0.25) is 0 Å². The molecule has 1 fully saturated rings. The van der Waals surface area contributed by atoms with Crippen molar-refractivity contribution in [3.63, 3.8) is 0 Å². The van der Waals surface area contributed by atoms with E-state index in [1.54, 1.807) is 0 Å². The molecule has 20 heavy (non-hydrogen) atoms. The smallest absolute Gasteiger partial charge is 0.193 e. The van der Waals surface area contributed by atoms with Crippen molar-refractivity contribution >= 4 is 17.7 Å². The van der Waals surface area contributed by atoms with E-state index in [9.17, 15) is 0 Å². The van der Waals surface area contributed by atoms with Crippen LogP contribution in [-0.2, 0) is 0 Å². The zero-order valence-corrected chi connectivity index (χ0v) is 14.7. The van der Waals surface area contributed by atoms with Crippen LogP contribution in [0.2, 0.25) is 0 Å². The van der Waals surface area contributed by atoms with Crippen LogP contribution in [0.3, 0.4) is 0 Å². The third-order valence-electron chi connectivity index (χ3n) is 4.20. The maximum Gasteiger partial charge on any atom is 0.193 e. The molecular formula is C15H32N4S. The van der Waals surface area contributed by atoms with Gasteiger partial charge >= 0.3 is 0 Å². The van der Waals surface area contributed by atoms with E-state index in [2.05, 4.69) is 59.7 Å². The summed E-state index contributed by atoms with van der Waals surface area (Å²) in [7, 11) is 4.09. The first-order valence-electron chi connectivity index (χ1n) is 7.89. The van der Waals surface area contributed by atoms with Gasteiger partial charge < -0.3 is 15.1 Å². The van der Waals surface area contributed by atoms with Gasteiger partial charge in [-0.15, -0.1) is 0 Å². The van der Waals surface area contributed by atoms with E-state index < -0.39 is 0 Å². The van der Waals surface area contributed by atoms with Crippen LogP contribution in [0, 0.1) is 0 Å². The van der Waals surface area contributed by atoms with Gasteiger partial charge in [0.05, 0.1) is 0 Å². The minimum atomic E-state index is 0.648. The number of guanidine groups is 1. The number of hydrogen-bond donors (Lipinski definition) is 1. The van der Waals surface area contributed by atoms with Crippen molar-refractivity contribution in [1.82, 2.24) is 15.1 Å². The largest absolute Gasteiger partial charge is 0.355 e. The molecule has 0 amide bonds. The molecule has 0 aromatic heterocycles. The molecule has 5 heteroatoms. The standard InChI is InChI=1S/C15H32N4S/c1-6-13(3)18(5)9-8-17-15(16-4)19-10-11-20-14(7-2)12-19/h13-14H,6-12H2,1-5H3,(H,16,17). The van der Waals surface area contributed by atoms with E-state index in [-0.39, 0.29) is 0 Å². The van der Waals surface area contributed by atoms with Crippen LogP contribution < -0.4 is 5.32 Å². The summed E-state index contributed by atoms with van der Waals surface area (Å²) in [6, 6.07) is 0.648. The fourth-order valence-electron chi connectivity index (χ4n) is 2.37. The van der Waals surface area contributed by atoms with Crippen LogP contribution in [0.5, 0.6) is 0 Å². The molecule has 0 radical (unpaired) electrons. The van der Waals surface area contributed by atoms with Crippen molar-refractivity contribution in [1.29, 1.82) is 0 Å². The van der Waals surface area contributed by atoms with E-state index in [1.807, 2.05) is 7.05 Å². The summed E-state index contributed by atoms with van der Waals surface area (Å²) in [4.78, 5) is 9.26. The lowest BCUT2D eigenvalue weighted by molar-refractivity contribution is 0.254. The first-order valence-corrected chi connectivity index (χ1v) is 8.94. The van der Waals surface area contributed by atoms with Crippen molar-refractivity contribution in [2.45, 2.75) is 44.9 Å². The molecule has 1 aliphatic heterocycles. The normalized spacial score (nSPS) is 22.2. The first kappa shape index (κ1) is 17.6. The minimum absolute atomic E-state index is 0.648. The van der Waals surface area contributed by atoms with Crippen molar-refractivity contribution in [2.24, 2.45) is 4.99 Å². The summed E-state index contributed by atoms with van der Waals surface area (Å²) in [6.45, 7) is 11.1. The highest BCUT2D eigenvalue weighted by Crippen LogP contribution is 2.20. The molecule has 0 bridgehead atoms. The van der Waals surface area contributed by atoms with E-state index in [1.165, 1.54) is 18.6 Å². The second-order valence-corrected chi connectivity index (χ2v) is 6.97. The third-order valence-corrected chi connectivity index (χ3v) is 5.57. The Morgan fingerprint density at radius 3 is 2.85 bits per heavy atom. The zero-order chi connectivity index (χ0) is 15.0. The maximum atomic E-state index is 4.45. The monoisotopic (exact) mass is 300 g/mol.